The van der Waals surface area contributed by atoms with E-state index >= 15 is 0 Å². The third-order valence-corrected chi connectivity index (χ3v) is 5.16. The third-order valence-electron chi connectivity index (χ3n) is 5.16. The summed E-state index contributed by atoms with van der Waals surface area (Å²) in [6.45, 7) is 11.3. The van der Waals surface area contributed by atoms with Crippen molar-refractivity contribution in [1.29, 1.82) is 5.26 Å². The molecule has 2 aromatic rings. The van der Waals surface area contributed by atoms with Crippen molar-refractivity contribution in [2.24, 2.45) is 0 Å². The summed E-state index contributed by atoms with van der Waals surface area (Å²) in [5.74, 6) is -0.0751. The number of rotatable bonds is 3. The summed E-state index contributed by atoms with van der Waals surface area (Å²) in [7, 11) is -0.536. The largest absolute Gasteiger partial charge is 0.494 e. The Morgan fingerprint density at radius 2 is 1.81 bits per heavy atom. The SMILES string of the molecule is CC(=O)c1ccc(B2OC(C)(C)C(C)(C)O2)cc1-n1nc(C#N)cc1C. The van der Waals surface area contributed by atoms with Gasteiger partial charge in [0.2, 0.25) is 0 Å². The molecule has 26 heavy (non-hydrogen) atoms. The van der Waals surface area contributed by atoms with Gasteiger partial charge in [0.1, 0.15) is 6.07 Å². The van der Waals surface area contributed by atoms with Crippen molar-refractivity contribution in [1.82, 2.24) is 9.78 Å². The first-order valence-corrected chi connectivity index (χ1v) is 8.53. The van der Waals surface area contributed by atoms with E-state index in [1.165, 1.54) is 6.92 Å². The van der Waals surface area contributed by atoms with Crippen molar-refractivity contribution in [2.75, 3.05) is 0 Å². The summed E-state index contributed by atoms with van der Waals surface area (Å²) in [4.78, 5) is 12.1. The van der Waals surface area contributed by atoms with E-state index in [-0.39, 0.29) is 5.78 Å². The molecule has 1 saturated heterocycles. The van der Waals surface area contributed by atoms with Crippen molar-refractivity contribution < 1.29 is 14.1 Å². The molecule has 1 aliphatic rings. The normalized spacial score (nSPS) is 18.0. The minimum atomic E-state index is -0.536. The second-order valence-electron chi connectivity index (χ2n) is 7.62. The van der Waals surface area contributed by atoms with Gasteiger partial charge in [0.15, 0.2) is 11.5 Å². The fraction of sp³-hybridized carbons (Fsp3) is 0.421. The van der Waals surface area contributed by atoms with Crippen LogP contribution < -0.4 is 5.46 Å². The molecule has 1 aliphatic heterocycles. The first kappa shape index (κ1) is 18.4. The highest BCUT2D eigenvalue weighted by Crippen LogP contribution is 2.36. The lowest BCUT2D eigenvalue weighted by Gasteiger charge is -2.32. The second kappa shape index (κ2) is 6.08. The van der Waals surface area contributed by atoms with E-state index in [4.69, 9.17) is 14.6 Å². The number of hydrogen-bond donors (Lipinski definition) is 0. The van der Waals surface area contributed by atoms with Crippen LogP contribution in [0.4, 0.5) is 0 Å². The van der Waals surface area contributed by atoms with Gasteiger partial charge in [-0.1, -0.05) is 6.07 Å². The Labute approximate surface area is 153 Å². The molecule has 3 rings (SSSR count). The number of Topliss-reactive ketones (excluding diaryl/α,β-unsaturated/α-hetero) is 1. The number of nitrogens with zero attached hydrogens (tertiary/aromatic N) is 3. The molecule has 0 aliphatic carbocycles. The number of benzene rings is 1. The van der Waals surface area contributed by atoms with Crippen LogP contribution in [-0.4, -0.2) is 33.9 Å². The van der Waals surface area contributed by atoms with Crippen LogP contribution in [-0.2, 0) is 9.31 Å². The van der Waals surface area contributed by atoms with Crippen molar-refractivity contribution in [3.8, 4) is 11.8 Å². The molecule has 1 aromatic carbocycles. The average molecular weight is 351 g/mol. The summed E-state index contributed by atoms with van der Waals surface area (Å²) in [5, 5.41) is 13.4. The Morgan fingerprint density at radius 1 is 1.19 bits per heavy atom. The minimum Gasteiger partial charge on any atom is -0.399 e. The predicted molar refractivity (Wildman–Crippen MR) is 98.7 cm³/mol. The molecular weight excluding hydrogens is 329 g/mol. The van der Waals surface area contributed by atoms with Gasteiger partial charge >= 0.3 is 7.12 Å². The highest BCUT2D eigenvalue weighted by molar-refractivity contribution is 6.62. The molecule has 6 nitrogen and oxygen atoms in total. The number of aromatic nitrogens is 2. The lowest BCUT2D eigenvalue weighted by molar-refractivity contribution is 0.00578. The summed E-state index contributed by atoms with van der Waals surface area (Å²) >= 11 is 0. The van der Waals surface area contributed by atoms with Crippen molar-refractivity contribution in [3.63, 3.8) is 0 Å². The average Bonchev–Trinajstić information content (AvgIpc) is 3.03. The number of hydrogen-bond acceptors (Lipinski definition) is 5. The number of aryl methyl sites for hydroxylation is 1. The van der Waals surface area contributed by atoms with E-state index in [9.17, 15) is 4.79 Å². The molecule has 0 unspecified atom stereocenters. The van der Waals surface area contributed by atoms with Gasteiger partial charge < -0.3 is 9.31 Å². The third kappa shape index (κ3) is 2.96. The highest BCUT2D eigenvalue weighted by Gasteiger charge is 2.51. The quantitative estimate of drug-likeness (QED) is 0.627. The molecule has 0 N–H and O–H groups in total. The molecule has 2 heterocycles. The van der Waals surface area contributed by atoms with Gasteiger partial charge in [-0.25, -0.2) is 4.68 Å². The van der Waals surface area contributed by atoms with Crippen molar-refractivity contribution in [3.05, 3.63) is 41.2 Å². The summed E-state index contributed by atoms with van der Waals surface area (Å²) in [6, 6.07) is 9.16. The second-order valence-corrected chi connectivity index (χ2v) is 7.62. The smallest absolute Gasteiger partial charge is 0.399 e. The maximum atomic E-state index is 12.1. The zero-order chi connectivity index (χ0) is 19.3. The van der Waals surface area contributed by atoms with Gasteiger partial charge in [-0.2, -0.15) is 10.4 Å². The number of carbonyl (C=O) groups is 1. The van der Waals surface area contributed by atoms with Crippen LogP contribution in [0.3, 0.4) is 0 Å². The molecule has 134 valence electrons. The van der Waals surface area contributed by atoms with Gasteiger partial charge in [0, 0.05) is 11.3 Å². The van der Waals surface area contributed by atoms with Crippen molar-refractivity contribution in [2.45, 2.75) is 52.7 Å². The Hall–Kier alpha value is -2.43. The van der Waals surface area contributed by atoms with Gasteiger partial charge in [-0.05, 0) is 65.2 Å². The predicted octanol–water partition coefficient (Wildman–Crippen LogP) is 2.55. The van der Waals surface area contributed by atoms with E-state index in [0.717, 1.165) is 11.2 Å². The van der Waals surface area contributed by atoms with Gasteiger partial charge in [0.05, 0.1) is 16.9 Å². The monoisotopic (exact) mass is 351 g/mol. The van der Waals surface area contributed by atoms with Crippen LogP contribution in [0.2, 0.25) is 0 Å². The van der Waals surface area contributed by atoms with Crippen LogP contribution in [0, 0.1) is 18.3 Å². The fourth-order valence-electron chi connectivity index (χ4n) is 2.92. The first-order chi connectivity index (χ1) is 12.1. The molecule has 0 bridgehead atoms. The molecule has 1 aromatic heterocycles. The minimum absolute atomic E-state index is 0.0751. The molecular formula is C19H22BN3O3. The van der Waals surface area contributed by atoms with E-state index in [1.54, 1.807) is 16.8 Å². The van der Waals surface area contributed by atoms with Crippen LogP contribution in [0.15, 0.2) is 24.3 Å². The highest BCUT2D eigenvalue weighted by atomic mass is 16.7. The van der Waals surface area contributed by atoms with Crippen LogP contribution in [0.5, 0.6) is 0 Å². The summed E-state index contributed by atoms with van der Waals surface area (Å²) in [6.07, 6.45) is 0. The summed E-state index contributed by atoms with van der Waals surface area (Å²) < 4.78 is 13.8. The van der Waals surface area contributed by atoms with Gasteiger partial charge in [0.25, 0.3) is 0 Å². The molecule has 0 atom stereocenters. The Balaban J connectivity index is 2.10. The molecule has 0 spiro atoms. The summed E-state index contributed by atoms with van der Waals surface area (Å²) in [5.41, 5.74) is 2.12. The standard InChI is InChI=1S/C19H22BN3O3/c1-12-9-15(11-21)22-23(12)17-10-14(7-8-16(17)13(2)24)20-25-18(3,4)19(5,6)26-20/h7-10H,1-6H3. The lowest BCUT2D eigenvalue weighted by atomic mass is 9.78. The van der Waals surface area contributed by atoms with Crippen LogP contribution >= 0.6 is 0 Å². The van der Waals surface area contributed by atoms with Crippen LogP contribution in [0.1, 0.15) is 56.4 Å². The first-order valence-electron chi connectivity index (χ1n) is 8.53. The molecule has 0 amide bonds. The van der Waals surface area contributed by atoms with Gasteiger partial charge in [-0.15, -0.1) is 0 Å². The molecule has 0 saturated carbocycles. The van der Waals surface area contributed by atoms with E-state index in [0.29, 0.717) is 16.9 Å². The molecule has 1 fully saturated rings. The lowest BCUT2D eigenvalue weighted by Crippen LogP contribution is -2.41. The fourth-order valence-corrected chi connectivity index (χ4v) is 2.92. The zero-order valence-corrected chi connectivity index (χ0v) is 16.0. The number of nitriles is 1. The molecule has 7 heteroatoms. The van der Waals surface area contributed by atoms with Crippen LogP contribution in [0.25, 0.3) is 5.69 Å². The number of carbonyl (C=O) groups excluding carboxylic acids is 1. The van der Waals surface area contributed by atoms with Crippen molar-refractivity contribution >= 4 is 18.4 Å². The van der Waals surface area contributed by atoms with E-state index in [2.05, 4.69) is 5.10 Å². The van der Waals surface area contributed by atoms with E-state index in [1.807, 2.05) is 52.8 Å². The van der Waals surface area contributed by atoms with E-state index < -0.39 is 18.3 Å². The Kier molecular flexibility index (Phi) is 4.30. The maximum absolute atomic E-state index is 12.1. The molecule has 0 radical (unpaired) electrons. The maximum Gasteiger partial charge on any atom is 0.494 e. The zero-order valence-electron chi connectivity index (χ0n) is 16.0. The topological polar surface area (TPSA) is 77.1 Å². The number of ketones is 1. The van der Waals surface area contributed by atoms with Gasteiger partial charge in [-0.3, -0.25) is 4.79 Å². The Morgan fingerprint density at radius 3 is 2.31 bits per heavy atom. The Bertz CT molecular complexity index is 909.